The Kier molecular flexibility index (Phi) is 4.98. The van der Waals surface area contributed by atoms with Crippen LogP contribution in [0.3, 0.4) is 0 Å². The van der Waals surface area contributed by atoms with Gasteiger partial charge in [-0.15, -0.1) is 0 Å². The molecule has 0 saturated carbocycles. The Hall–Kier alpha value is -3.54. The van der Waals surface area contributed by atoms with Crippen molar-refractivity contribution in [3.63, 3.8) is 0 Å². The highest BCUT2D eigenvalue weighted by molar-refractivity contribution is 5.97. The summed E-state index contributed by atoms with van der Waals surface area (Å²) < 4.78 is 13.3. The fourth-order valence-electron chi connectivity index (χ4n) is 4.32. The van der Waals surface area contributed by atoms with E-state index < -0.39 is 0 Å². The summed E-state index contributed by atoms with van der Waals surface area (Å²) in [7, 11) is 0. The van der Waals surface area contributed by atoms with Gasteiger partial charge in [0.2, 0.25) is 0 Å². The van der Waals surface area contributed by atoms with Crippen LogP contribution in [0.15, 0.2) is 60.7 Å². The summed E-state index contributed by atoms with van der Waals surface area (Å²) in [6, 6.07) is 17.9. The van der Waals surface area contributed by atoms with Gasteiger partial charge in [0.15, 0.2) is 0 Å². The Morgan fingerprint density at radius 3 is 2.77 bits per heavy atom. The molecular formula is C25H23FN4O. The van der Waals surface area contributed by atoms with Gasteiger partial charge in [0, 0.05) is 35.8 Å². The second kappa shape index (κ2) is 7.95. The molecule has 5 rings (SSSR count). The monoisotopic (exact) mass is 414 g/mol. The molecule has 5 nitrogen and oxygen atoms in total. The van der Waals surface area contributed by atoms with E-state index in [2.05, 4.69) is 9.97 Å². The van der Waals surface area contributed by atoms with Gasteiger partial charge >= 0.3 is 0 Å². The predicted octanol–water partition coefficient (Wildman–Crippen LogP) is 5.09. The fraction of sp³-hybridized carbons (Fsp3) is 0.240. The minimum atomic E-state index is -0.259. The molecule has 2 aromatic carbocycles. The number of amides is 1. The largest absolute Gasteiger partial charge is 0.342 e. The zero-order valence-corrected chi connectivity index (χ0v) is 17.3. The normalized spacial score (nSPS) is 16.6. The molecule has 156 valence electrons. The first-order valence-electron chi connectivity index (χ1n) is 10.6. The van der Waals surface area contributed by atoms with Crippen molar-refractivity contribution in [2.75, 3.05) is 13.1 Å². The van der Waals surface area contributed by atoms with E-state index in [4.69, 9.17) is 4.98 Å². The van der Waals surface area contributed by atoms with Crippen LogP contribution in [0, 0.1) is 12.7 Å². The lowest BCUT2D eigenvalue weighted by Gasteiger charge is -2.32. The number of aryl methyl sites for hydroxylation is 1. The summed E-state index contributed by atoms with van der Waals surface area (Å²) >= 11 is 0. The van der Waals surface area contributed by atoms with Crippen LogP contribution in [0.1, 0.15) is 40.6 Å². The Bertz CT molecular complexity index is 1250. The number of aromatic nitrogens is 3. The number of fused-ring (bicyclic) bond motifs is 1. The number of imidazole rings is 1. The van der Waals surface area contributed by atoms with Gasteiger partial charge in [0.05, 0.1) is 16.7 Å². The van der Waals surface area contributed by atoms with E-state index >= 15 is 0 Å². The van der Waals surface area contributed by atoms with Crippen molar-refractivity contribution >= 4 is 16.9 Å². The van der Waals surface area contributed by atoms with Gasteiger partial charge in [-0.1, -0.05) is 6.07 Å². The van der Waals surface area contributed by atoms with Crippen LogP contribution in [0.2, 0.25) is 0 Å². The van der Waals surface area contributed by atoms with Crippen LogP contribution < -0.4 is 0 Å². The molecule has 0 unspecified atom stereocenters. The number of rotatable bonds is 3. The number of pyridine rings is 1. The first-order valence-corrected chi connectivity index (χ1v) is 10.6. The maximum atomic E-state index is 13.3. The van der Waals surface area contributed by atoms with Gasteiger partial charge in [-0.05, 0) is 74.4 Å². The van der Waals surface area contributed by atoms with Crippen LogP contribution in [-0.2, 0) is 0 Å². The molecule has 1 saturated heterocycles. The van der Waals surface area contributed by atoms with E-state index in [9.17, 15) is 9.18 Å². The smallest absolute Gasteiger partial charge is 0.253 e. The summed E-state index contributed by atoms with van der Waals surface area (Å²) in [4.78, 5) is 27.5. The maximum absolute atomic E-state index is 13.3. The Labute approximate surface area is 180 Å². The van der Waals surface area contributed by atoms with Gasteiger partial charge in [-0.25, -0.2) is 9.37 Å². The van der Waals surface area contributed by atoms with E-state index in [-0.39, 0.29) is 17.6 Å². The summed E-state index contributed by atoms with van der Waals surface area (Å²) in [6.07, 6.45) is 1.92. The second-order valence-electron chi connectivity index (χ2n) is 8.10. The highest BCUT2D eigenvalue weighted by Gasteiger charge is 2.26. The van der Waals surface area contributed by atoms with Crippen molar-refractivity contribution in [1.82, 2.24) is 19.9 Å². The number of hydrogen-bond acceptors (Lipinski definition) is 3. The third-order valence-corrected chi connectivity index (χ3v) is 5.88. The average Bonchev–Trinajstić information content (AvgIpc) is 3.18. The SMILES string of the molecule is Cc1nc2ccc(C(=O)N3CCC[C@H](c4cccc(-c5ccc(F)cc5)n4)C3)cc2[nH]1. The third kappa shape index (κ3) is 3.93. The number of nitrogens with one attached hydrogen (secondary N) is 1. The lowest BCUT2D eigenvalue weighted by atomic mass is 9.93. The van der Waals surface area contributed by atoms with Crippen LogP contribution in [-0.4, -0.2) is 38.8 Å². The van der Waals surface area contributed by atoms with E-state index in [0.717, 1.165) is 53.2 Å². The molecule has 1 aliphatic heterocycles. The molecule has 1 amide bonds. The first kappa shape index (κ1) is 19.4. The first-order chi connectivity index (χ1) is 15.1. The topological polar surface area (TPSA) is 61.9 Å². The van der Waals surface area contributed by atoms with Crippen molar-refractivity contribution in [2.24, 2.45) is 0 Å². The number of nitrogens with zero attached hydrogens (tertiary/aromatic N) is 3. The van der Waals surface area contributed by atoms with Crippen LogP contribution >= 0.6 is 0 Å². The molecular weight excluding hydrogens is 391 g/mol. The number of aromatic amines is 1. The van der Waals surface area contributed by atoms with Gasteiger partial charge < -0.3 is 9.88 Å². The van der Waals surface area contributed by atoms with E-state index in [1.54, 1.807) is 12.1 Å². The molecule has 3 heterocycles. The summed E-state index contributed by atoms with van der Waals surface area (Å²) in [5, 5.41) is 0. The highest BCUT2D eigenvalue weighted by Crippen LogP contribution is 2.29. The van der Waals surface area contributed by atoms with E-state index in [0.29, 0.717) is 12.1 Å². The van der Waals surface area contributed by atoms with Gasteiger partial charge in [-0.3, -0.25) is 9.78 Å². The number of halogens is 1. The van der Waals surface area contributed by atoms with Crippen molar-refractivity contribution in [3.8, 4) is 11.3 Å². The molecule has 31 heavy (non-hydrogen) atoms. The Morgan fingerprint density at radius 1 is 1.10 bits per heavy atom. The minimum Gasteiger partial charge on any atom is -0.342 e. The number of benzene rings is 2. The van der Waals surface area contributed by atoms with Gasteiger partial charge in [0.25, 0.3) is 5.91 Å². The third-order valence-electron chi connectivity index (χ3n) is 5.88. The van der Waals surface area contributed by atoms with Crippen molar-refractivity contribution < 1.29 is 9.18 Å². The second-order valence-corrected chi connectivity index (χ2v) is 8.10. The highest BCUT2D eigenvalue weighted by atomic mass is 19.1. The standard InChI is InChI=1S/C25H23FN4O/c1-16-27-23-12-9-18(14-24(23)28-16)25(31)30-13-3-4-19(15-30)22-6-2-5-21(29-22)17-7-10-20(26)11-8-17/h2,5-12,14,19H,3-4,13,15H2,1H3,(H,27,28)/t19-/m0/s1. The van der Waals surface area contributed by atoms with Crippen LogP contribution in [0.5, 0.6) is 0 Å². The molecule has 0 radical (unpaired) electrons. The number of hydrogen-bond donors (Lipinski definition) is 1. The van der Waals surface area contributed by atoms with Crippen LogP contribution in [0.4, 0.5) is 4.39 Å². The lowest BCUT2D eigenvalue weighted by molar-refractivity contribution is 0.0706. The average molecular weight is 414 g/mol. The van der Waals surface area contributed by atoms with Crippen LogP contribution in [0.25, 0.3) is 22.3 Å². The van der Waals surface area contributed by atoms with E-state index in [1.807, 2.05) is 48.2 Å². The number of likely N-dealkylation sites (tertiary alicyclic amines) is 1. The number of H-pyrrole nitrogens is 1. The van der Waals surface area contributed by atoms with Crippen molar-refractivity contribution in [2.45, 2.75) is 25.7 Å². The molecule has 2 aromatic heterocycles. The zero-order chi connectivity index (χ0) is 21.4. The minimum absolute atomic E-state index is 0.0357. The molecule has 0 spiro atoms. The summed E-state index contributed by atoms with van der Waals surface area (Å²) in [5.74, 6) is 0.791. The number of piperidine rings is 1. The summed E-state index contributed by atoms with van der Waals surface area (Å²) in [5.41, 5.74) is 5.10. The Balaban J connectivity index is 1.36. The van der Waals surface area contributed by atoms with Crippen molar-refractivity contribution in [1.29, 1.82) is 0 Å². The molecule has 4 aromatic rings. The molecule has 1 N–H and O–H groups in total. The molecule has 1 atom stereocenters. The molecule has 6 heteroatoms. The van der Waals surface area contributed by atoms with E-state index in [1.165, 1.54) is 12.1 Å². The quantitative estimate of drug-likeness (QED) is 0.508. The Morgan fingerprint density at radius 2 is 1.94 bits per heavy atom. The lowest BCUT2D eigenvalue weighted by Crippen LogP contribution is -2.39. The number of carbonyl (C=O) groups is 1. The molecule has 1 aliphatic rings. The maximum Gasteiger partial charge on any atom is 0.253 e. The number of carbonyl (C=O) groups excluding carboxylic acids is 1. The van der Waals surface area contributed by atoms with Crippen molar-refractivity contribution in [3.05, 3.63) is 83.6 Å². The molecule has 0 bridgehead atoms. The fourth-order valence-corrected chi connectivity index (χ4v) is 4.32. The molecule has 1 fully saturated rings. The van der Waals surface area contributed by atoms with Gasteiger partial charge in [0.1, 0.15) is 11.6 Å². The zero-order valence-electron chi connectivity index (χ0n) is 17.3. The summed E-state index contributed by atoms with van der Waals surface area (Å²) in [6.45, 7) is 3.29. The predicted molar refractivity (Wildman–Crippen MR) is 118 cm³/mol. The van der Waals surface area contributed by atoms with Gasteiger partial charge in [-0.2, -0.15) is 0 Å². The molecule has 0 aliphatic carbocycles.